The first-order valence-corrected chi connectivity index (χ1v) is 10.3. The molecule has 6 heteroatoms. The van der Waals surface area contributed by atoms with E-state index in [1.807, 2.05) is 73.7 Å². The Morgan fingerprint density at radius 1 is 1.10 bits per heavy atom. The fourth-order valence-corrected chi connectivity index (χ4v) is 4.56. The van der Waals surface area contributed by atoms with Crippen molar-refractivity contribution in [2.45, 2.75) is 25.8 Å². The fraction of sp³-hybridized carbons (Fsp3) is 0.174. The summed E-state index contributed by atoms with van der Waals surface area (Å²) in [6.07, 6.45) is 0.883. The standard InChI is InChI=1S/C23H21N3O2S/c1-2-18(21(24)27)26-20(13-15-9-5-3-6-10-15)25-22-17(23(26)28)14-19(29-22)16-11-7-4-8-12-16/h3-12,14,18H,2,13H2,1H3,(H2,24,27). The first-order valence-electron chi connectivity index (χ1n) is 9.52. The van der Waals surface area contributed by atoms with Gasteiger partial charge >= 0.3 is 0 Å². The number of carbonyl (C=O) groups is 1. The molecule has 4 aromatic rings. The molecule has 0 saturated heterocycles. The molecule has 0 fully saturated rings. The van der Waals surface area contributed by atoms with E-state index >= 15 is 0 Å². The second kappa shape index (κ2) is 8.01. The molecule has 2 heterocycles. The fourth-order valence-electron chi connectivity index (χ4n) is 3.52. The SMILES string of the molecule is CCC(C(N)=O)n1c(Cc2ccccc2)nc2sc(-c3ccccc3)cc2c1=O. The van der Waals surface area contributed by atoms with E-state index in [0.717, 1.165) is 16.0 Å². The summed E-state index contributed by atoms with van der Waals surface area (Å²) < 4.78 is 1.49. The van der Waals surface area contributed by atoms with Crippen LogP contribution < -0.4 is 11.3 Å². The lowest BCUT2D eigenvalue weighted by atomic mass is 10.1. The normalized spacial score (nSPS) is 12.2. The van der Waals surface area contributed by atoms with Crippen LogP contribution in [0.15, 0.2) is 71.5 Å². The van der Waals surface area contributed by atoms with Crippen LogP contribution in [0.4, 0.5) is 0 Å². The van der Waals surface area contributed by atoms with E-state index in [0.29, 0.717) is 28.9 Å². The van der Waals surface area contributed by atoms with Crippen molar-refractivity contribution in [1.82, 2.24) is 9.55 Å². The summed E-state index contributed by atoms with van der Waals surface area (Å²) in [7, 11) is 0. The number of fused-ring (bicyclic) bond motifs is 1. The number of nitrogens with zero attached hydrogens (tertiary/aromatic N) is 2. The maximum Gasteiger partial charge on any atom is 0.263 e. The Morgan fingerprint density at radius 3 is 2.38 bits per heavy atom. The monoisotopic (exact) mass is 403 g/mol. The van der Waals surface area contributed by atoms with Crippen molar-refractivity contribution in [1.29, 1.82) is 0 Å². The molecular weight excluding hydrogens is 382 g/mol. The number of hydrogen-bond acceptors (Lipinski definition) is 4. The third-order valence-electron chi connectivity index (χ3n) is 4.96. The summed E-state index contributed by atoms with van der Waals surface area (Å²) in [6, 6.07) is 20.8. The van der Waals surface area contributed by atoms with Gasteiger partial charge in [0.15, 0.2) is 0 Å². The van der Waals surface area contributed by atoms with Crippen LogP contribution in [0.2, 0.25) is 0 Å². The molecule has 1 atom stereocenters. The minimum absolute atomic E-state index is 0.218. The smallest absolute Gasteiger partial charge is 0.263 e. The molecule has 2 N–H and O–H groups in total. The van der Waals surface area contributed by atoms with Gasteiger partial charge in [0.1, 0.15) is 16.7 Å². The Bertz CT molecular complexity index is 1210. The van der Waals surface area contributed by atoms with Gasteiger partial charge in [0.05, 0.1) is 5.39 Å². The predicted molar refractivity (Wildman–Crippen MR) is 117 cm³/mol. The molecule has 4 rings (SSSR count). The van der Waals surface area contributed by atoms with Gasteiger partial charge < -0.3 is 5.73 Å². The molecule has 0 aliphatic rings. The van der Waals surface area contributed by atoms with E-state index in [1.165, 1.54) is 15.9 Å². The average Bonchev–Trinajstić information content (AvgIpc) is 3.16. The van der Waals surface area contributed by atoms with Crippen LogP contribution in [-0.4, -0.2) is 15.5 Å². The molecule has 0 saturated carbocycles. The highest BCUT2D eigenvalue weighted by molar-refractivity contribution is 7.21. The number of rotatable bonds is 6. The number of aromatic nitrogens is 2. The molecule has 0 radical (unpaired) electrons. The Kier molecular flexibility index (Phi) is 5.27. The van der Waals surface area contributed by atoms with Gasteiger partial charge in [-0.05, 0) is 23.6 Å². The number of nitrogens with two attached hydrogens (primary N) is 1. The zero-order chi connectivity index (χ0) is 20.4. The molecule has 0 bridgehead atoms. The number of amides is 1. The number of thiophene rings is 1. The minimum atomic E-state index is -0.724. The highest BCUT2D eigenvalue weighted by atomic mass is 32.1. The van der Waals surface area contributed by atoms with Crippen molar-refractivity contribution >= 4 is 27.5 Å². The molecule has 29 heavy (non-hydrogen) atoms. The van der Waals surface area contributed by atoms with Crippen LogP contribution >= 0.6 is 11.3 Å². The maximum absolute atomic E-state index is 13.4. The molecule has 5 nitrogen and oxygen atoms in total. The van der Waals surface area contributed by atoms with Crippen molar-refractivity contribution in [3.8, 4) is 10.4 Å². The van der Waals surface area contributed by atoms with Gasteiger partial charge in [0, 0.05) is 11.3 Å². The largest absolute Gasteiger partial charge is 0.368 e. The summed E-state index contributed by atoms with van der Waals surface area (Å²) in [5.74, 6) is 0.0318. The third-order valence-corrected chi connectivity index (χ3v) is 6.04. The summed E-state index contributed by atoms with van der Waals surface area (Å²) in [4.78, 5) is 32.0. The van der Waals surface area contributed by atoms with Crippen LogP contribution in [0, 0.1) is 0 Å². The van der Waals surface area contributed by atoms with E-state index in [4.69, 9.17) is 10.7 Å². The number of primary amides is 1. The number of benzene rings is 2. The Balaban J connectivity index is 1.93. The molecule has 1 amide bonds. The Labute approximate surface area is 172 Å². The van der Waals surface area contributed by atoms with Gasteiger partial charge in [-0.1, -0.05) is 67.6 Å². The molecule has 0 aliphatic heterocycles. The Hall–Kier alpha value is -3.25. The van der Waals surface area contributed by atoms with Gasteiger partial charge in [-0.25, -0.2) is 4.98 Å². The van der Waals surface area contributed by atoms with Crippen LogP contribution in [0.5, 0.6) is 0 Å². The lowest BCUT2D eigenvalue weighted by Crippen LogP contribution is -2.36. The second-order valence-corrected chi connectivity index (χ2v) is 7.92. The van der Waals surface area contributed by atoms with Crippen molar-refractivity contribution in [2.75, 3.05) is 0 Å². The molecule has 2 aromatic heterocycles. The van der Waals surface area contributed by atoms with E-state index in [1.54, 1.807) is 0 Å². The Morgan fingerprint density at radius 2 is 1.76 bits per heavy atom. The third kappa shape index (κ3) is 3.71. The number of carbonyl (C=O) groups excluding carboxylic acids is 1. The van der Waals surface area contributed by atoms with Crippen LogP contribution in [0.1, 0.15) is 30.8 Å². The van der Waals surface area contributed by atoms with Crippen molar-refractivity contribution in [3.05, 3.63) is 88.5 Å². The van der Waals surface area contributed by atoms with Crippen molar-refractivity contribution in [2.24, 2.45) is 5.73 Å². The minimum Gasteiger partial charge on any atom is -0.368 e. The van der Waals surface area contributed by atoms with Gasteiger partial charge in [0.2, 0.25) is 5.91 Å². The van der Waals surface area contributed by atoms with Gasteiger partial charge in [-0.15, -0.1) is 11.3 Å². The summed E-state index contributed by atoms with van der Waals surface area (Å²) >= 11 is 1.49. The van der Waals surface area contributed by atoms with Crippen LogP contribution in [0.3, 0.4) is 0 Å². The number of hydrogen-bond donors (Lipinski definition) is 1. The maximum atomic E-state index is 13.4. The molecule has 0 spiro atoms. The highest BCUT2D eigenvalue weighted by Crippen LogP contribution is 2.31. The summed E-state index contributed by atoms with van der Waals surface area (Å²) in [5.41, 5.74) is 7.46. The lowest BCUT2D eigenvalue weighted by Gasteiger charge is -2.19. The quantitative estimate of drug-likeness (QED) is 0.525. The van der Waals surface area contributed by atoms with Crippen molar-refractivity contribution in [3.63, 3.8) is 0 Å². The molecular formula is C23H21N3O2S. The van der Waals surface area contributed by atoms with Crippen molar-refractivity contribution < 1.29 is 4.79 Å². The van der Waals surface area contributed by atoms with E-state index in [9.17, 15) is 9.59 Å². The molecule has 2 aromatic carbocycles. The van der Waals surface area contributed by atoms with Crippen LogP contribution in [0.25, 0.3) is 20.7 Å². The van der Waals surface area contributed by atoms with Gasteiger partial charge in [0.25, 0.3) is 5.56 Å². The summed E-state index contributed by atoms with van der Waals surface area (Å²) in [6.45, 7) is 1.85. The average molecular weight is 404 g/mol. The van der Waals surface area contributed by atoms with E-state index < -0.39 is 11.9 Å². The van der Waals surface area contributed by atoms with E-state index in [2.05, 4.69) is 0 Å². The van der Waals surface area contributed by atoms with Gasteiger partial charge in [-0.2, -0.15) is 0 Å². The molecule has 0 aliphatic carbocycles. The highest BCUT2D eigenvalue weighted by Gasteiger charge is 2.23. The summed E-state index contributed by atoms with van der Waals surface area (Å²) in [5, 5.41) is 0.519. The van der Waals surface area contributed by atoms with E-state index in [-0.39, 0.29) is 5.56 Å². The first kappa shape index (κ1) is 19.1. The predicted octanol–water partition coefficient (Wildman–Crippen LogP) is 4.15. The first-order chi connectivity index (χ1) is 14.1. The van der Waals surface area contributed by atoms with Gasteiger partial charge in [-0.3, -0.25) is 14.2 Å². The zero-order valence-corrected chi connectivity index (χ0v) is 16.9. The zero-order valence-electron chi connectivity index (χ0n) is 16.0. The topological polar surface area (TPSA) is 78.0 Å². The lowest BCUT2D eigenvalue weighted by molar-refractivity contribution is -0.121. The molecule has 146 valence electrons. The van der Waals surface area contributed by atoms with Crippen LogP contribution in [-0.2, 0) is 11.2 Å². The molecule has 1 unspecified atom stereocenters. The second-order valence-electron chi connectivity index (χ2n) is 6.89.